The summed E-state index contributed by atoms with van der Waals surface area (Å²) in [6.07, 6.45) is 0. The van der Waals surface area contributed by atoms with Crippen molar-refractivity contribution in [2.24, 2.45) is 0 Å². The molecule has 0 aliphatic heterocycles. The predicted octanol–water partition coefficient (Wildman–Crippen LogP) is 5.24. The number of hydrogen-bond acceptors (Lipinski definition) is 1. The van der Waals surface area contributed by atoms with E-state index in [4.69, 9.17) is 0 Å². The molecule has 0 fully saturated rings. The first-order chi connectivity index (χ1) is 8.97. The highest BCUT2D eigenvalue weighted by atomic mass is 79.9. The molecule has 0 atom stereocenters. The zero-order chi connectivity index (χ0) is 14.0. The van der Waals surface area contributed by atoms with E-state index in [1.165, 1.54) is 0 Å². The minimum absolute atomic E-state index is 0.0588. The molecule has 19 heavy (non-hydrogen) atoms. The van der Waals surface area contributed by atoms with Crippen LogP contribution in [0, 0.1) is 17.5 Å². The SMILES string of the molecule is Fc1cc(F)c(CNc2ccc(Br)cc2Br)cc1F. The second-order valence-corrected chi connectivity index (χ2v) is 5.61. The maximum absolute atomic E-state index is 13.4. The Bertz CT molecular complexity index is 617. The van der Waals surface area contributed by atoms with Gasteiger partial charge in [-0.2, -0.15) is 0 Å². The van der Waals surface area contributed by atoms with Crippen LogP contribution in [-0.2, 0) is 6.54 Å². The largest absolute Gasteiger partial charge is 0.380 e. The summed E-state index contributed by atoms with van der Waals surface area (Å²) >= 11 is 6.66. The van der Waals surface area contributed by atoms with Gasteiger partial charge in [-0.05, 0) is 40.2 Å². The molecular weight excluding hydrogens is 387 g/mol. The normalized spacial score (nSPS) is 10.6. The van der Waals surface area contributed by atoms with E-state index in [2.05, 4.69) is 37.2 Å². The first kappa shape index (κ1) is 14.4. The van der Waals surface area contributed by atoms with Crippen LogP contribution in [0.4, 0.5) is 18.9 Å². The fourth-order valence-electron chi connectivity index (χ4n) is 1.52. The molecule has 0 aliphatic rings. The van der Waals surface area contributed by atoms with Gasteiger partial charge in [0, 0.05) is 32.8 Å². The minimum atomic E-state index is -1.19. The van der Waals surface area contributed by atoms with Gasteiger partial charge in [0.15, 0.2) is 11.6 Å². The van der Waals surface area contributed by atoms with E-state index in [-0.39, 0.29) is 12.1 Å². The average molecular weight is 395 g/mol. The Morgan fingerprint density at radius 3 is 2.26 bits per heavy atom. The second-order valence-electron chi connectivity index (χ2n) is 3.84. The van der Waals surface area contributed by atoms with Crippen LogP contribution in [-0.4, -0.2) is 0 Å². The Kier molecular flexibility index (Phi) is 4.52. The molecule has 2 aromatic carbocycles. The molecule has 0 aliphatic carbocycles. The maximum atomic E-state index is 13.4. The lowest BCUT2D eigenvalue weighted by Gasteiger charge is -2.10. The van der Waals surface area contributed by atoms with Crippen molar-refractivity contribution in [3.63, 3.8) is 0 Å². The van der Waals surface area contributed by atoms with E-state index >= 15 is 0 Å². The van der Waals surface area contributed by atoms with Crippen LogP contribution >= 0.6 is 31.9 Å². The van der Waals surface area contributed by atoms with Gasteiger partial charge in [0.25, 0.3) is 0 Å². The van der Waals surface area contributed by atoms with Gasteiger partial charge in [-0.15, -0.1) is 0 Å². The number of rotatable bonds is 3. The van der Waals surface area contributed by atoms with Gasteiger partial charge in [0.1, 0.15) is 5.82 Å². The highest BCUT2D eigenvalue weighted by Crippen LogP contribution is 2.27. The molecule has 0 saturated carbocycles. The fourth-order valence-corrected chi connectivity index (χ4v) is 2.71. The number of hydrogen-bond donors (Lipinski definition) is 1. The van der Waals surface area contributed by atoms with E-state index in [9.17, 15) is 13.2 Å². The van der Waals surface area contributed by atoms with Gasteiger partial charge in [-0.1, -0.05) is 15.9 Å². The zero-order valence-corrected chi connectivity index (χ0v) is 12.7. The van der Waals surface area contributed by atoms with Crippen molar-refractivity contribution in [2.45, 2.75) is 6.54 Å². The third kappa shape index (κ3) is 3.51. The molecule has 0 radical (unpaired) electrons. The molecule has 1 N–H and O–H groups in total. The molecule has 6 heteroatoms. The number of nitrogens with one attached hydrogen (secondary N) is 1. The fraction of sp³-hybridized carbons (Fsp3) is 0.0769. The third-order valence-corrected chi connectivity index (χ3v) is 3.64. The Balaban J connectivity index is 2.16. The van der Waals surface area contributed by atoms with Crippen molar-refractivity contribution in [3.05, 3.63) is 62.3 Å². The quantitative estimate of drug-likeness (QED) is 0.702. The van der Waals surface area contributed by atoms with Gasteiger partial charge < -0.3 is 5.32 Å². The molecule has 0 aromatic heterocycles. The maximum Gasteiger partial charge on any atom is 0.161 e. The summed E-state index contributed by atoms with van der Waals surface area (Å²) in [5.41, 5.74) is 0.793. The van der Waals surface area contributed by atoms with Gasteiger partial charge in [-0.3, -0.25) is 0 Å². The summed E-state index contributed by atoms with van der Waals surface area (Å²) in [4.78, 5) is 0. The molecule has 2 rings (SSSR count). The van der Waals surface area contributed by atoms with Crippen LogP contribution in [0.3, 0.4) is 0 Å². The summed E-state index contributed by atoms with van der Waals surface area (Å²) in [6, 6.07) is 6.82. The lowest BCUT2D eigenvalue weighted by molar-refractivity contribution is 0.490. The molecule has 0 saturated heterocycles. The van der Waals surface area contributed by atoms with Crippen molar-refractivity contribution in [2.75, 3.05) is 5.32 Å². The molecule has 0 unspecified atom stereocenters. The monoisotopic (exact) mass is 393 g/mol. The molecule has 100 valence electrons. The number of halogens is 5. The summed E-state index contributed by atoms with van der Waals surface area (Å²) in [7, 11) is 0. The Morgan fingerprint density at radius 2 is 1.58 bits per heavy atom. The summed E-state index contributed by atoms with van der Waals surface area (Å²) < 4.78 is 40.9. The topological polar surface area (TPSA) is 12.0 Å². The highest BCUT2D eigenvalue weighted by molar-refractivity contribution is 9.11. The van der Waals surface area contributed by atoms with Crippen LogP contribution in [0.2, 0.25) is 0 Å². The third-order valence-electron chi connectivity index (χ3n) is 2.49. The summed E-state index contributed by atoms with van der Waals surface area (Å²) in [5.74, 6) is -3.03. The Labute approximate surface area is 125 Å². The van der Waals surface area contributed by atoms with Crippen LogP contribution in [0.1, 0.15) is 5.56 Å². The lowest BCUT2D eigenvalue weighted by atomic mass is 10.2. The van der Waals surface area contributed by atoms with Gasteiger partial charge in [0.05, 0.1) is 0 Å². The van der Waals surface area contributed by atoms with Crippen molar-refractivity contribution in [3.8, 4) is 0 Å². The molecule has 2 aromatic rings. The smallest absolute Gasteiger partial charge is 0.161 e. The Morgan fingerprint density at radius 1 is 0.895 bits per heavy atom. The van der Waals surface area contributed by atoms with Crippen molar-refractivity contribution in [1.82, 2.24) is 0 Å². The predicted molar refractivity (Wildman–Crippen MR) is 75.5 cm³/mol. The highest BCUT2D eigenvalue weighted by Gasteiger charge is 2.10. The van der Waals surface area contributed by atoms with E-state index in [0.717, 1.165) is 20.7 Å². The van der Waals surface area contributed by atoms with E-state index in [1.807, 2.05) is 12.1 Å². The standard InChI is InChI=1S/C13H8Br2F3N/c14-8-1-2-13(9(15)4-8)19-6-7-3-11(17)12(18)5-10(7)16/h1-5,19H,6H2. The van der Waals surface area contributed by atoms with Crippen molar-refractivity contribution >= 4 is 37.5 Å². The summed E-state index contributed by atoms with van der Waals surface area (Å²) in [5, 5.41) is 2.95. The first-order valence-corrected chi connectivity index (χ1v) is 6.88. The van der Waals surface area contributed by atoms with Crippen LogP contribution in [0.15, 0.2) is 39.3 Å². The van der Waals surface area contributed by atoms with Crippen molar-refractivity contribution in [1.29, 1.82) is 0 Å². The molecular formula is C13H8Br2F3N. The number of anilines is 1. The number of benzene rings is 2. The van der Waals surface area contributed by atoms with Gasteiger partial charge in [-0.25, -0.2) is 13.2 Å². The van der Waals surface area contributed by atoms with E-state index in [0.29, 0.717) is 6.07 Å². The first-order valence-electron chi connectivity index (χ1n) is 5.29. The Hall–Kier alpha value is -1.01. The molecule has 0 heterocycles. The van der Waals surface area contributed by atoms with E-state index < -0.39 is 17.5 Å². The molecule has 1 nitrogen and oxygen atoms in total. The zero-order valence-electron chi connectivity index (χ0n) is 9.48. The molecule has 0 bridgehead atoms. The van der Waals surface area contributed by atoms with Gasteiger partial charge in [0.2, 0.25) is 0 Å². The minimum Gasteiger partial charge on any atom is -0.380 e. The van der Waals surface area contributed by atoms with Crippen molar-refractivity contribution < 1.29 is 13.2 Å². The lowest BCUT2D eigenvalue weighted by Crippen LogP contribution is -2.04. The van der Waals surface area contributed by atoms with E-state index in [1.54, 1.807) is 6.07 Å². The summed E-state index contributed by atoms with van der Waals surface area (Å²) in [6.45, 7) is 0.0588. The average Bonchev–Trinajstić information content (AvgIpc) is 2.34. The second kappa shape index (κ2) is 5.96. The van der Waals surface area contributed by atoms with Crippen LogP contribution in [0.5, 0.6) is 0 Å². The molecule has 0 amide bonds. The van der Waals surface area contributed by atoms with Crippen LogP contribution in [0.25, 0.3) is 0 Å². The molecule has 0 spiro atoms. The van der Waals surface area contributed by atoms with Crippen LogP contribution < -0.4 is 5.32 Å². The van der Waals surface area contributed by atoms with Gasteiger partial charge >= 0.3 is 0 Å².